The Balaban J connectivity index is 2.38. The van der Waals surface area contributed by atoms with Crippen LogP contribution in [-0.2, 0) is 6.54 Å². The highest BCUT2D eigenvalue weighted by molar-refractivity contribution is 9.10. The zero-order valence-electron chi connectivity index (χ0n) is 8.50. The first-order valence-corrected chi connectivity index (χ1v) is 5.42. The van der Waals surface area contributed by atoms with Crippen LogP contribution in [0.2, 0.25) is 0 Å². The summed E-state index contributed by atoms with van der Waals surface area (Å²) in [5.74, 6) is 0.306. The molecule has 0 spiro atoms. The van der Waals surface area contributed by atoms with Gasteiger partial charge in [-0.25, -0.2) is 4.39 Å². The van der Waals surface area contributed by atoms with Crippen molar-refractivity contribution in [3.05, 3.63) is 34.4 Å². The van der Waals surface area contributed by atoms with Gasteiger partial charge in [0.1, 0.15) is 5.82 Å². The Morgan fingerprint density at radius 3 is 3.06 bits per heavy atom. The Morgan fingerprint density at radius 1 is 1.50 bits per heavy atom. The maximum absolute atomic E-state index is 13.5. The maximum atomic E-state index is 13.5. The largest absolute Gasteiger partial charge is 0.338 e. The molecular weight excluding hydrogens is 277 g/mol. The highest BCUT2D eigenvalue weighted by atomic mass is 79.9. The molecule has 6 heteroatoms. The second kappa shape index (κ2) is 4.71. The molecule has 4 nitrogen and oxygen atoms in total. The molecule has 1 N–H and O–H groups in total. The summed E-state index contributed by atoms with van der Waals surface area (Å²) in [7, 11) is 1.77. The zero-order valence-corrected chi connectivity index (χ0v) is 10.1. The number of halogens is 2. The van der Waals surface area contributed by atoms with Crippen LogP contribution in [0.3, 0.4) is 0 Å². The van der Waals surface area contributed by atoms with E-state index in [0.29, 0.717) is 18.0 Å². The summed E-state index contributed by atoms with van der Waals surface area (Å²) in [6.07, 6.45) is 0. The molecule has 0 saturated heterocycles. The third-order valence-corrected chi connectivity index (χ3v) is 2.46. The molecule has 0 saturated carbocycles. The van der Waals surface area contributed by atoms with Crippen molar-refractivity contribution in [2.24, 2.45) is 0 Å². The number of nitrogens with one attached hydrogen (secondary N) is 1. The molecule has 2 aromatic rings. The van der Waals surface area contributed by atoms with Gasteiger partial charge in [0.15, 0.2) is 0 Å². The number of rotatable bonds is 3. The minimum absolute atomic E-state index is 0.254. The molecule has 0 aliphatic heterocycles. The van der Waals surface area contributed by atoms with Crippen molar-refractivity contribution in [1.29, 1.82) is 0 Å². The minimum Gasteiger partial charge on any atom is -0.338 e. The Morgan fingerprint density at radius 2 is 2.31 bits per heavy atom. The highest BCUT2D eigenvalue weighted by Gasteiger charge is 2.12. The number of benzene rings is 1. The normalized spacial score (nSPS) is 10.7. The van der Waals surface area contributed by atoms with Crippen LogP contribution < -0.4 is 5.32 Å². The predicted molar refractivity (Wildman–Crippen MR) is 60.2 cm³/mol. The van der Waals surface area contributed by atoms with Gasteiger partial charge in [-0.15, -0.1) is 0 Å². The van der Waals surface area contributed by atoms with E-state index in [-0.39, 0.29) is 11.6 Å². The lowest BCUT2D eigenvalue weighted by molar-refractivity contribution is 0.372. The highest BCUT2D eigenvalue weighted by Crippen LogP contribution is 2.23. The third-order valence-electron chi connectivity index (χ3n) is 1.97. The first-order chi connectivity index (χ1) is 7.70. The van der Waals surface area contributed by atoms with Crippen LogP contribution in [0.15, 0.2) is 27.2 Å². The molecule has 0 atom stereocenters. The Kier molecular flexibility index (Phi) is 3.31. The van der Waals surface area contributed by atoms with Crippen LogP contribution in [-0.4, -0.2) is 17.2 Å². The average molecular weight is 286 g/mol. The molecule has 84 valence electrons. The molecule has 0 radical (unpaired) electrons. The van der Waals surface area contributed by atoms with Gasteiger partial charge in [0.25, 0.3) is 0 Å². The molecule has 1 heterocycles. The quantitative estimate of drug-likeness (QED) is 0.941. The van der Waals surface area contributed by atoms with Gasteiger partial charge in [-0.2, -0.15) is 4.98 Å². The van der Waals surface area contributed by atoms with E-state index in [4.69, 9.17) is 4.52 Å². The second-order valence-corrected chi connectivity index (χ2v) is 4.08. The second-order valence-electron chi connectivity index (χ2n) is 3.17. The lowest BCUT2D eigenvalue weighted by atomic mass is 10.2. The number of hydrogen-bond acceptors (Lipinski definition) is 4. The summed E-state index contributed by atoms with van der Waals surface area (Å²) < 4.78 is 19.2. The van der Waals surface area contributed by atoms with E-state index in [9.17, 15) is 4.39 Å². The van der Waals surface area contributed by atoms with E-state index >= 15 is 0 Å². The zero-order chi connectivity index (χ0) is 11.5. The minimum atomic E-state index is -0.375. The summed E-state index contributed by atoms with van der Waals surface area (Å²) in [6.45, 7) is 0.461. The van der Waals surface area contributed by atoms with Crippen molar-refractivity contribution in [2.45, 2.75) is 6.54 Å². The lowest BCUT2D eigenvalue weighted by Crippen LogP contribution is -2.04. The smallest absolute Gasteiger partial charge is 0.240 e. The molecule has 1 aromatic heterocycles. The van der Waals surface area contributed by atoms with Gasteiger partial charge in [0, 0.05) is 4.47 Å². The van der Waals surface area contributed by atoms with Gasteiger partial charge in [-0.05, 0) is 25.2 Å². The molecule has 0 amide bonds. The van der Waals surface area contributed by atoms with Crippen molar-refractivity contribution in [2.75, 3.05) is 7.05 Å². The molecule has 1 aromatic carbocycles. The van der Waals surface area contributed by atoms with Crippen molar-refractivity contribution < 1.29 is 8.91 Å². The third kappa shape index (κ3) is 2.28. The van der Waals surface area contributed by atoms with Crippen LogP contribution in [0.1, 0.15) is 5.89 Å². The SMILES string of the molecule is CNCc1nc(-c2cc(Br)ccc2F)no1. The topological polar surface area (TPSA) is 51.0 Å². The van der Waals surface area contributed by atoms with Gasteiger partial charge < -0.3 is 9.84 Å². The van der Waals surface area contributed by atoms with E-state index in [1.807, 2.05) is 0 Å². The summed E-state index contributed by atoms with van der Waals surface area (Å²) in [4.78, 5) is 4.07. The van der Waals surface area contributed by atoms with Crippen molar-refractivity contribution in [1.82, 2.24) is 15.5 Å². The van der Waals surface area contributed by atoms with E-state index in [2.05, 4.69) is 31.4 Å². The Bertz CT molecular complexity index is 501. The van der Waals surface area contributed by atoms with E-state index in [1.165, 1.54) is 6.07 Å². The van der Waals surface area contributed by atoms with Crippen LogP contribution in [0, 0.1) is 5.82 Å². The fraction of sp³-hybridized carbons (Fsp3) is 0.200. The average Bonchev–Trinajstić information content (AvgIpc) is 2.71. The van der Waals surface area contributed by atoms with E-state index in [0.717, 1.165) is 4.47 Å². The molecule has 0 unspecified atom stereocenters. The fourth-order valence-electron chi connectivity index (χ4n) is 1.26. The molecule has 16 heavy (non-hydrogen) atoms. The summed E-state index contributed by atoms with van der Waals surface area (Å²) in [5, 5.41) is 6.60. The van der Waals surface area contributed by atoms with Crippen LogP contribution in [0.25, 0.3) is 11.4 Å². The number of nitrogens with zero attached hydrogens (tertiary/aromatic N) is 2. The van der Waals surface area contributed by atoms with E-state index in [1.54, 1.807) is 19.2 Å². The fourth-order valence-corrected chi connectivity index (χ4v) is 1.62. The molecule has 2 rings (SSSR count). The van der Waals surface area contributed by atoms with Crippen molar-refractivity contribution >= 4 is 15.9 Å². The molecular formula is C10H9BrFN3O. The van der Waals surface area contributed by atoms with Gasteiger partial charge in [-0.3, -0.25) is 0 Å². The first-order valence-electron chi connectivity index (χ1n) is 4.63. The van der Waals surface area contributed by atoms with Crippen molar-refractivity contribution in [3.63, 3.8) is 0 Å². The first kappa shape index (κ1) is 11.2. The molecule has 0 bridgehead atoms. The molecule has 0 fully saturated rings. The van der Waals surface area contributed by atoms with Crippen molar-refractivity contribution in [3.8, 4) is 11.4 Å². The van der Waals surface area contributed by atoms with E-state index < -0.39 is 0 Å². The maximum Gasteiger partial charge on any atom is 0.240 e. The summed E-state index contributed by atoms with van der Waals surface area (Å²) in [6, 6.07) is 4.59. The number of hydrogen-bond donors (Lipinski definition) is 1. The van der Waals surface area contributed by atoms with Crippen LogP contribution in [0.4, 0.5) is 4.39 Å². The molecule has 0 aliphatic carbocycles. The predicted octanol–water partition coefficient (Wildman–Crippen LogP) is 2.36. The van der Waals surface area contributed by atoms with Crippen LogP contribution in [0.5, 0.6) is 0 Å². The standard InChI is InChI=1S/C10H9BrFN3O/c1-13-5-9-14-10(15-16-9)7-4-6(11)2-3-8(7)12/h2-4,13H,5H2,1H3. The van der Waals surface area contributed by atoms with Crippen LogP contribution >= 0.6 is 15.9 Å². The van der Waals surface area contributed by atoms with Gasteiger partial charge in [0.05, 0.1) is 12.1 Å². The molecule has 0 aliphatic rings. The summed E-state index contributed by atoms with van der Waals surface area (Å²) in [5.41, 5.74) is 0.320. The lowest BCUT2D eigenvalue weighted by Gasteiger charge is -1.97. The van der Waals surface area contributed by atoms with Gasteiger partial charge in [-0.1, -0.05) is 21.1 Å². The Hall–Kier alpha value is -1.27. The van der Waals surface area contributed by atoms with Gasteiger partial charge >= 0.3 is 0 Å². The van der Waals surface area contributed by atoms with Gasteiger partial charge in [0.2, 0.25) is 11.7 Å². The number of aromatic nitrogens is 2. The Labute approximate surface area is 100.0 Å². The summed E-state index contributed by atoms with van der Waals surface area (Å²) >= 11 is 3.27. The monoisotopic (exact) mass is 285 g/mol.